The van der Waals surface area contributed by atoms with E-state index in [0.29, 0.717) is 37.6 Å². The summed E-state index contributed by atoms with van der Waals surface area (Å²) in [5.74, 6) is 1.91. The van der Waals surface area contributed by atoms with Gasteiger partial charge in [0, 0.05) is 24.8 Å². The summed E-state index contributed by atoms with van der Waals surface area (Å²) in [4.78, 5) is 17.5. The normalized spacial score (nSPS) is 12.1. The number of nitrogens with zero attached hydrogens (tertiary/aromatic N) is 3. The van der Waals surface area contributed by atoms with Crippen molar-refractivity contribution in [2.24, 2.45) is 0 Å². The molecule has 3 aromatic carbocycles. The second-order valence-electron chi connectivity index (χ2n) is 13.3. The van der Waals surface area contributed by atoms with E-state index in [0.717, 1.165) is 53.9 Å². The Kier molecular flexibility index (Phi) is 17.2. The highest BCUT2D eigenvalue weighted by Crippen LogP contribution is 2.46. The highest BCUT2D eigenvalue weighted by Gasteiger charge is 2.37. The number of aromatic nitrogens is 1. The monoisotopic (exact) mass is 754 g/mol. The van der Waals surface area contributed by atoms with Crippen molar-refractivity contribution in [3.05, 3.63) is 119 Å². The lowest BCUT2D eigenvalue weighted by Crippen LogP contribution is -2.47. The van der Waals surface area contributed by atoms with Gasteiger partial charge in [0.1, 0.15) is 22.9 Å². The number of amides is 1. The SMILES string of the molecule is COc1ccc(C(NNc2ccc(C(=O)NCCCCCCOP(OCCC#N)N(C(C)C)C(C)C)cn2)(c2ccccc2)c2ccc(OC)cc2)cc1. The molecular weight excluding hydrogens is 699 g/mol. The summed E-state index contributed by atoms with van der Waals surface area (Å²) >= 11 is 0. The Labute approximate surface area is 322 Å². The van der Waals surface area contributed by atoms with Crippen molar-refractivity contribution in [1.29, 1.82) is 5.26 Å². The molecule has 4 rings (SSSR count). The van der Waals surface area contributed by atoms with Crippen LogP contribution in [-0.4, -0.2) is 61.6 Å². The number of hydrazine groups is 1. The van der Waals surface area contributed by atoms with Crippen LogP contribution in [0.2, 0.25) is 0 Å². The molecule has 3 N–H and O–H groups in total. The quantitative estimate of drug-likeness (QED) is 0.0293. The first-order valence-corrected chi connectivity index (χ1v) is 19.7. The molecule has 12 heteroatoms. The third-order valence-corrected chi connectivity index (χ3v) is 11.0. The van der Waals surface area contributed by atoms with Crippen LogP contribution < -0.4 is 25.6 Å². The topological polar surface area (TPSA) is 130 Å². The second kappa shape index (κ2) is 22.0. The summed E-state index contributed by atoms with van der Waals surface area (Å²) < 4.78 is 25.3. The number of anilines is 1. The number of carbonyl (C=O) groups excluding carboxylic acids is 1. The minimum atomic E-state index is -1.22. The van der Waals surface area contributed by atoms with Gasteiger partial charge in [0.05, 0.1) is 45.5 Å². The standard InChI is InChI=1S/C42H55N6O5P/c1-32(2)48(33(3)4)54(53-30-14-27-43)52-29-13-8-7-12-28-44-41(49)34-17-26-40(45-31-34)46-47-42(35-15-10-9-11-16-35,36-18-22-38(50-5)23-19-36)37-20-24-39(51-6)25-21-37/h9-11,15-26,31-33,47H,7-8,12-14,28-30H2,1-6H3,(H,44,49)(H,45,46). The van der Waals surface area contributed by atoms with Crippen molar-refractivity contribution in [3.8, 4) is 17.6 Å². The van der Waals surface area contributed by atoms with E-state index >= 15 is 0 Å². The van der Waals surface area contributed by atoms with Gasteiger partial charge < -0.3 is 29.3 Å². The Morgan fingerprint density at radius 2 is 1.35 bits per heavy atom. The molecule has 1 unspecified atom stereocenters. The fourth-order valence-electron chi connectivity index (χ4n) is 6.19. The maximum atomic E-state index is 13.0. The van der Waals surface area contributed by atoms with Crippen molar-refractivity contribution in [2.75, 3.05) is 39.4 Å². The molecule has 0 saturated heterocycles. The van der Waals surface area contributed by atoms with Gasteiger partial charge in [0.2, 0.25) is 0 Å². The summed E-state index contributed by atoms with van der Waals surface area (Å²) in [5.41, 5.74) is 9.54. The van der Waals surface area contributed by atoms with Crippen LogP contribution in [0.25, 0.3) is 0 Å². The Balaban J connectivity index is 1.32. The Morgan fingerprint density at radius 1 is 0.778 bits per heavy atom. The molecule has 0 aliphatic rings. The van der Waals surface area contributed by atoms with Crippen LogP contribution >= 0.6 is 8.53 Å². The molecule has 0 radical (unpaired) electrons. The Hall–Kier alpha value is -4.56. The lowest BCUT2D eigenvalue weighted by molar-refractivity contribution is 0.0952. The summed E-state index contributed by atoms with van der Waals surface area (Å²) in [6, 6.07) is 32.4. The third kappa shape index (κ3) is 11.7. The smallest absolute Gasteiger partial charge is 0.259 e. The van der Waals surface area contributed by atoms with Gasteiger partial charge in [0.15, 0.2) is 0 Å². The van der Waals surface area contributed by atoms with Crippen LogP contribution in [0.1, 0.15) is 86.8 Å². The van der Waals surface area contributed by atoms with Crippen molar-refractivity contribution < 1.29 is 23.3 Å². The number of benzene rings is 3. The van der Waals surface area contributed by atoms with Gasteiger partial charge in [0.25, 0.3) is 14.4 Å². The van der Waals surface area contributed by atoms with Crippen molar-refractivity contribution in [2.45, 2.75) is 77.4 Å². The molecule has 1 aromatic heterocycles. The van der Waals surface area contributed by atoms with Crippen molar-refractivity contribution >= 4 is 20.3 Å². The highest BCUT2D eigenvalue weighted by molar-refractivity contribution is 7.44. The molecule has 1 amide bonds. The van der Waals surface area contributed by atoms with Gasteiger partial charge >= 0.3 is 0 Å². The zero-order chi connectivity index (χ0) is 38.8. The zero-order valence-electron chi connectivity index (χ0n) is 32.4. The highest BCUT2D eigenvalue weighted by atomic mass is 31.2. The van der Waals surface area contributed by atoms with E-state index < -0.39 is 14.1 Å². The van der Waals surface area contributed by atoms with Crippen LogP contribution in [-0.2, 0) is 14.6 Å². The molecule has 0 saturated carbocycles. The van der Waals surface area contributed by atoms with E-state index in [1.165, 1.54) is 0 Å². The summed E-state index contributed by atoms with van der Waals surface area (Å²) in [5, 5.41) is 11.9. The summed E-state index contributed by atoms with van der Waals surface area (Å²) in [6.07, 6.45) is 5.63. The van der Waals surface area contributed by atoms with Crippen molar-refractivity contribution in [1.82, 2.24) is 20.4 Å². The average molecular weight is 755 g/mol. The van der Waals surface area contributed by atoms with E-state index in [2.05, 4.69) is 71.7 Å². The molecule has 288 valence electrons. The molecule has 11 nitrogen and oxygen atoms in total. The number of hydrogen-bond donors (Lipinski definition) is 3. The number of carbonyl (C=O) groups is 1. The number of nitrogens with one attached hydrogen (secondary N) is 3. The molecule has 4 aromatic rings. The van der Waals surface area contributed by atoms with Gasteiger partial charge in [-0.1, -0.05) is 67.4 Å². The zero-order valence-corrected chi connectivity index (χ0v) is 33.3. The fourth-order valence-corrected chi connectivity index (χ4v) is 7.82. The maximum absolute atomic E-state index is 13.0. The lowest BCUT2D eigenvalue weighted by Gasteiger charge is -2.37. The van der Waals surface area contributed by atoms with Gasteiger partial charge in [-0.2, -0.15) is 5.26 Å². The van der Waals surface area contributed by atoms with E-state index in [-0.39, 0.29) is 18.0 Å². The number of nitriles is 1. The molecule has 1 heterocycles. The van der Waals surface area contributed by atoms with Crippen LogP contribution in [0.5, 0.6) is 11.5 Å². The van der Waals surface area contributed by atoms with Crippen LogP contribution in [0.4, 0.5) is 5.82 Å². The number of rotatable bonds is 23. The van der Waals surface area contributed by atoms with Gasteiger partial charge in [-0.25, -0.2) is 15.1 Å². The fraction of sp³-hybridized carbons (Fsp3) is 0.405. The Bertz CT molecular complexity index is 1660. The Morgan fingerprint density at radius 3 is 1.89 bits per heavy atom. The lowest BCUT2D eigenvalue weighted by atomic mass is 9.77. The molecule has 0 bridgehead atoms. The number of pyridine rings is 1. The number of ether oxygens (including phenoxy) is 2. The minimum Gasteiger partial charge on any atom is -0.497 e. The number of methoxy groups -OCH3 is 2. The predicted octanol–water partition coefficient (Wildman–Crippen LogP) is 8.59. The molecule has 0 spiro atoms. The van der Waals surface area contributed by atoms with Gasteiger partial charge in [-0.05, 0) is 93.6 Å². The van der Waals surface area contributed by atoms with Crippen LogP contribution in [0.3, 0.4) is 0 Å². The molecule has 54 heavy (non-hydrogen) atoms. The van der Waals surface area contributed by atoms with Gasteiger partial charge in [-0.3, -0.25) is 4.79 Å². The van der Waals surface area contributed by atoms with Gasteiger partial charge in [-0.15, -0.1) is 0 Å². The molecule has 0 fully saturated rings. The summed E-state index contributed by atoms with van der Waals surface area (Å²) in [7, 11) is 2.08. The van der Waals surface area contributed by atoms with E-state index in [1.807, 2.05) is 66.7 Å². The van der Waals surface area contributed by atoms with E-state index in [4.69, 9.17) is 23.8 Å². The van der Waals surface area contributed by atoms with E-state index in [9.17, 15) is 4.79 Å². The van der Waals surface area contributed by atoms with Crippen molar-refractivity contribution in [3.63, 3.8) is 0 Å². The first kappa shape index (κ1) is 42.2. The number of unbranched alkanes of at least 4 members (excludes halogenated alkanes) is 3. The first-order valence-electron chi connectivity index (χ1n) is 18.6. The third-order valence-electron chi connectivity index (χ3n) is 8.88. The first-order chi connectivity index (χ1) is 26.2. The van der Waals surface area contributed by atoms with E-state index in [1.54, 1.807) is 32.5 Å². The largest absolute Gasteiger partial charge is 0.497 e. The van der Waals surface area contributed by atoms with Crippen LogP contribution in [0, 0.1) is 11.3 Å². The molecule has 0 aliphatic carbocycles. The second-order valence-corrected chi connectivity index (χ2v) is 14.8. The molecule has 1 atom stereocenters. The van der Waals surface area contributed by atoms with Crippen LogP contribution in [0.15, 0.2) is 97.2 Å². The molecular formula is C42H55N6O5P. The molecule has 0 aliphatic heterocycles. The average Bonchev–Trinajstić information content (AvgIpc) is 3.19. The summed E-state index contributed by atoms with van der Waals surface area (Å²) in [6.45, 7) is 10.1. The minimum absolute atomic E-state index is 0.164. The maximum Gasteiger partial charge on any atom is 0.259 e. The number of hydrogen-bond acceptors (Lipinski definition) is 10. The predicted molar refractivity (Wildman–Crippen MR) is 215 cm³/mol.